The molecule has 3 amide bonds. The molecule has 1 atom stereocenters. The Labute approximate surface area is 146 Å². The average Bonchev–Trinajstić information content (AvgIpc) is 3.33. The van der Waals surface area contributed by atoms with Gasteiger partial charge in [-0.1, -0.05) is 19.3 Å². The van der Waals surface area contributed by atoms with Crippen LogP contribution in [-0.4, -0.2) is 27.5 Å². The first-order valence-corrected chi connectivity index (χ1v) is 9.34. The summed E-state index contributed by atoms with van der Waals surface area (Å²) >= 11 is 0. The second-order valence-electron chi connectivity index (χ2n) is 7.52. The fourth-order valence-corrected chi connectivity index (χ4v) is 4.10. The number of amides is 3. The third-order valence-electron chi connectivity index (χ3n) is 5.64. The highest BCUT2D eigenvalue weighted by Gasteiger charge is 2.41. The van der Waals surface area contributed by atoms with E-state index in [1.165, 1.54) is 37.0 Å². The summed E-state index contributed by atoms with van der Waals surface area (Å²) in [5.74, 6) is 1.59. The summed E-state index contributed by atoms with van der Waals surface area (Å²) in [5.41, 5.74) is 2.60. The lowest BCUT2D eigenvalue weighted by molar-refractivity contribution is -0.118. The molecule has 2 aliphatic heterocycles. The third-order valence-corrected chi connectivity index (χ3v) is 5.64. The van der Waals surface area contributed by atoms with E-state index in [1.54, 1.807) is 0 Å². The van der Waals surface area contributed by atoms with E-state index < -0.39 is 0 Å². The summed E-state index contributed by atoms with van der Waals surface area (Å²) in [6, 6.07) is 5.08. The van der Waals surface area contributed by atoms with Gasteiger partial charge in [0.05, 0.1) is 16.7 Å². The molecule has 3 aliphatic rings. The number of benzene rings is 1. The summed E-state index contributed by atoms with van der Waals surface area (Å²) in [6.07, 6.45) is 7.70. The smallest absolute Gasteiger partial charge is 0.328 e. The number of aromatic nitrogens is 2. The van der Waals surface area contributed by atoms with Crippen LogP contribution >= 0.6 is 0 Å². The van der Waals surface area contributed by atoms with Gasteiger partial charge in [-0.15, -0.1) is 0 Å². The Balaban J connectivity index is 1.48. The molecule has 6 nitrogen and oxygen atoms in total. The van der Waals surface area contributed by atoms with Gasteiger partial charge >= 0.3 is 6.03 Å². The van der Waals surface area contributed by atoms with Crippen molar-refractivity contribution in [3.8, 4) is 0 Å². The minimum atomic E-state index is -0.366. The van der Waals surface area contributed by atoms with E-state index in [9.17, 15) is 9.59 Å². The topological polar surface area (TPSA) is 67.2 Å². The number of urea groups is 1. The molecule has 0 spiro atoms. The second kappa shape index (κ2) is 5.58. The fraction of sp³-hybridized carbons (Fsp3) is 0.526. The van der Waals surface area contributed by atoms with Crippen molar-refractivity contribution in [3.63, 3.8) is 0 Å². The van der Waals surface area contributed by atoms with Crippen molar-refractivity contribution in [2.45, 2.75) is 57.5 Å². The van der Waals surface area contributed by atoms with Crippen molar-refractivity contribution in [1.82, 2.24) is 14.9 Å². The molecule has 1 aromatic carbocycles. The maximum Gasteiger partial charge on any atom is 0.329 e. The number of aryl methyl sites for hydroxylation is 2. The summed E-state index contributed by atoms with van der Waals surface area (Å²) < 4.78 is 2.29. The molecule has 1 saturated carbocycles. The number of imide groups is 1. The van der Waals surface area contributed by atoms with Crippen LogP contribution in [0.2, 0.25) is 0 Å². The number of nitrogens with one attached hydrogen (secondary N) is 1. The zero-order valence-electron chi connectivity index (χ0n) is 14.2. The SMILES string of the molecule is O=C1NC(CC2CC2)C(=O)N1c1ccc2c(c1)nc1n2CCCCC1. The monoisotopic (exact) mass is 338 g/mol. The standard InChI is InChI=1S/C19H22N4O2/c24-18-15(10-12-5-6-12)21-19(25)23(18)13-7-8-16-14(11-13)20-17-4-2-1-3-9-22(16)17/h7-8,11-12,15H,1-6,9-10H2,(H,21,25). The first-order valence-electron chi connectivity index (χ1n) is 9.34. The quantitative estimate of drug-likeness (QED) is 0.875. The first kappa shape index (κ1) is 14.9. The highest BCUT2D eigenvalue weighted by molar-refractivity contribution is 6.21. The Kier molecular flexibility index (Phi) is 3.33. The lowest BCUT2D eigenvalue weighted by atomic mass is 10.1. The molecule has 25 heavy (non-hydrogen) atoms. The van der Waals surface area contributed by atoms with Crippen LogP contribution in [0.3, 0.4) is 0 Å². The van der Waals surface area contributed by atoms with Gasteiger partial charge in [-0.25, -0.2) is 14.7 Å². The van der Waals surface area contributed by atoms with Gasteiger partial charge in [-0.2, -0.15) is 0 Å². The second-order valence-corrected chi connectivity index (χ2v) is 7.52. The van der Waals surface area contributed by atoms with Crippen LogP contribution in [0.1, 0.15) is 44.3 Å². The Morgan fingerprint density at radius 2 is 2.04 bits per heavy atom. The van der Waals surface area contributed by atoms with E-state index in [-0.39, 0.29) is 18.0 Å². The fourth-order valence-electron chi connectivity index (χ4n) is 4.10. The Hall–Kier alpha value is -2.37. The van der Waals surface area contributed by atoms with Crippen molar-refractivity contribution in [3.05, 3.63) is 24.0 Å². The number of hydrogen-bond donors (Lipinski definition) is 1. The molecule has 1 aliphatic carbocycles. The van der Waals surface area contributed by atoms with Crippen LogP contribution in [0, 0.1) is 5.92 Å². The first-order chi connectivity index (χ1) is 12.2. The number of carbonyl (C=O) groups is 2. The summed E-state index contributed by atoms with van der Waals surface area (Å²) in [5, 5.41) is 2.84. The van der Waals surface area contributed by atoms with Gasteiger partial charge in [0.15, 0.2) is 0 Å². The van der Waals surface area contributed by atoms with Crippen LogP contribution in [-0.2, 0) is 17.8 Å². The molecule has 130 valence electrons. The van der Waals surface area contributed by atoms with Crippen molar-refractivity contribution < 1.29 is 9.59 Å². The average molecular weight is 338 g/mol. The Morgan fingerprint density at radius 3 is 2.88 bits per heavy atom. The maximum absolute atomic E-state index is 12.7. The molecule has 1 N–H and O–H groups in total. The van der Waals surface area contributed by atoms with Gasteiger partial charge in [-0.3, -0.25) is 4.79 Å². The van der Waals surface area contributed by atoms with Gasteiger partial charge in [0, 0.05) is 13.0 Å². The summed E-state index contributed by atoms with van der Waals surface area (Å²) in [4.78, 5) is 31.1. The number of nitrogens with zero attached hydrogens (tertiary/aromatic N) is 3. The van der Waals surface area contributed by atoms with Gasteiger partial charge in [0.1, 0.15) is 11.9 Å². The van der Waals surface area contributed by atoms with Gasteiger partial charge in [-0.05, 0) is 43.4 Å². The van der Waals surface area contributed by atoms with E-state index in [0.717, 1.165) is 36.2 Å². The molecule has 3 heterocycles. The predicted molar refractivity (Wildman–Crippen MR) is 94.4 cm³/mol. The molecule has 6 heteroatoms. The van der Waals surface area contributed by atoms with E-state index >= 15 is 0 Å². The Morgan fingerprint density at radius 1 is 1.16 bits per heavy atom. The van der Waals surface area contributed by atoms with Crippen LogP contribution in [0.15, 0.2) is 18.2 Å². The van der Waals surface area contributed by atoms with Crippen molar-refractivity contribution >= 4 is 28.7 Å². The predicted octanol–water partition coefficient (Wildman–Crippen LogP) is 2.99. The minimum Gasteiger partial charge on any atom is -0.328 e. The van der Waals surface area contributed by atoms with E-state index in [0.29, 0.717) is 11.6 Å². The molecule has 1 aromatic heterocycles. The van der Waals surface area contributed by atoms with Crippen LogP contribution in [0.25, 0.3) is 11.0 Å². The van der Waals surface area contributed by atoms with Crippen LogP contribution in [0.4, 0.5) is 10.5 Å². The highest BCUT2D eigenvalue weighted by atomic mass is 16.2. The number of carbonyl (C=O) groups excluding carboxylic acids is 2. The minimum absolute atomic E-state index is 0.128. The number of fused-ring (bicyclic) bond motifs is 3. The number of anilines is 1. The molecule has 0 radical (unpaired) electrons. The number of hydrogen-bond acceptors (Lipinski definition) is 3. The largest absolute Gasteiger partial charge is 0.329 e. The molecule has 1 unspecified atom stereocenters. The van der Waals surface area contributed by atoms with Gasteiger partial charge in [0.25, 0.3) is 5.91 Å². The van der Waals surface area contributed by atoms with Crippen molar-refractivity contribution in [2.24, 2.45) is 5.92 Å². The highest BCUT2D eigenvalue weighted by Crippen LogP contribution is 2.35. The molecule has 0 bridgehead atoms. The number of rotatable bonds is 3. The normalized spacial score (nSPS) is 23.7. The molecule has 2 aromatic rings. The number of imidazole rings is 1. The zero-order chi connectivity index (χ0) is 17.0. The van der Waals surface area contributed by atoms with Crippen molar-refractivity contribution in [2.75, 3.05) is 4.90 Å². The maximum atomic E-state index is 12.7. The third kappa shape index (κ3) is 2.51. The van der Waals surface area contributed by atoms with E-state index in [2.05, 4.69) is 9.88 Å². The molecule has 2 fully saturated rings. The van der Waals surface area contributed by atoms with Crippen LogP contribution < -0.4 is 10.2 Å². The zero-order valence-corrected chi connectivity index (χ0v) is 14.2. The molecular weight excluding hydrogens is 316 g/mol. The van der Waals surface area contributed by atoms with E-state index in [4.69, 9.17) is 4.98 Å². The summed E-state index contributed by atoms with van der Waals surface area (Å²) in [7, 11) is 0. The van der Waals surface area contributed by atoms with Gasteiger partial charge in [0.2, 0.25) is 0 Å². The lowest BCUT2D eigenvalue weighted by Crippen LogP contribution is -2.31. The van der Waals surface area contributed by atoms with Crippen molar-refractivity contribution in [1.29, 1.82) is 0 Å². The van der Waals surface area contributed by atoms with Gasteiger partial charge < -0.3 is 9.88 Å². The summed E-state index contributed by atoms with van der Waals surface area (Å²) in [6.45, 7) is 0.998. The molecule has 5 rings (SSSR count). The Bertz CT molecular complexity index is 868. The molecule has 1 saturated heterocycles. The van der Waals surface area contributed by atoms with Crippen LogP contribution in [0.5, 0.6) is 0 Å². The lowest BCUT2D eigenvalue weighted by Gasteiger charge is -2.13. The molecular formula is C19H22N4O2. The van der Waals surface area contributed by atoms with E-state index in [1.807, 2.05) is 18.2 Å².